The van der Waals surface area contributed by atoms with Gasteiger partial charge in [0.2, 0.25) is 0 Å². The van der Waals surface area contributed by atoms with Crippen LogP contribution in [0.3, 0.4) is 0 Å². The third kappa shape index (κ3) is 4.61. The number of nitrogens with zero attached hydrogens (tertiary/aromatic N) is 1. The van der Waals surface area contributed by atoms with Gasteiger partial charge in [-0.2, -0.15) is 0 Å². The van der Waals surface area contributed by atoms with Gasteiger partial charge in [0.05, 0.1) is 16.8 Å². The quantitative estimate of drug-likeness (QED) is 0.626. The average Bonchev–Trinajstić information content (AvgIpc) is 2.86. The molecular weight excluding hydrogens is 314 g/mol. The lowest BCUT2D eigenvalue weighted by Gasteiger charge is -2.14. The van der Waals surface area contributed by atoms with Crippen molar-refractivity contribution in [2.75, 3.05) is 18.9 Å². The molecule has 1 heterocycles. The Morgan fingerprint density at radius 3 is 2.61 bits per heavy atom. The van der Waals surface area contributed by atoms with E-state index in [4.69, 9.17) is 0 Å². The number of nitro benzene ring substituents is 1. The van der Waals surface area contributed by atoms with Gasteiger partial charge in [0.25, 0.3) is 11.6 Å². The summed E-state index contributed by atoms with van der Waals surface area (Å²) in [5.41, 5.74) is 2.57. The van der Waals surface area contributed by atoms with Gasteiger partial charge in [0.15, 0.2) is 6.54 Å². The number of amides is 1. The van der Waals surface area contributed by atoms with Crippen LogP contribution in [0.15, 0.2) is 29.6 Å². The van der Waals surface area contributed by atoms with Gasteiger partial charge < -0.3 is 10.2 Å². The molecule has 1 amide bonds. The molecule has 0 saturated carbocycles. The minimum absolute atomic E-state index is 0.0245. The smallest absolute Gasteiger partial charge is 0.279 e. The molecule has 0 radical (unpaired) electrons. The summed E-state index contributed by atoms with van der Waals surface area (Å²) in [6.07, 6.45) is 0. The molecule has 0 fully saturated rings. The maximum absolute atomic E-state index is 12.1. The maximum Gasteiger partial charge on any atom is 0.279 e. The third-order valence-corrected chi connectivity index (χ3v) is 4.61. The van der Waals surface area contributed by atoms with Crippen molar-refractivity contribution in [3.05, 3.63) is 55.8 Å². The molecule has 0 aliphatic heterocycles. The molecule has 7 heteroatoms. The molecule has 0 spiro atoms. The van der Waals surface area contributed by atoms with Crippen LogP contribution in [-0.2, 0) is 11.3 Å². The first kappa shape index (κ1) is 17.1. The van der Waals surface area contributed by atoms with E-state index in [0.29, 0.717) is 17.8 Å². The highest BCUT2D eigenvalue weighted by molar-refractivity contribution is 7.10. The molecule has 0 aliphatic carbocycles. The van der Waals surface area contributed by atoms with Crippen molar-refractivity contribution < 1.29 is 14.6 Å². The molecule has 1 unspecified atom stereocenters. The van der Waals surface area contributed by atoms with Crippen LogP contribution in [0.25, 0.3) is 0 Å². The number of thiophene rings is 1. The molecule has 1 atom stereocenters. The van der Waals surface area contributed by atoms with Crippen LogP contribution in [0.2, 0.25) is 0 Å². The van der Waals surface area contributed by atoms with Gasteiger partial charge in [0, 0.05) is 17.8 Å². The number of non-ortho nitro benzene ring substituents is 1. The van der Waals surface area contributed by atoms with E-state index in [2.05, 4.69) is 23.7 Å². The summed E-state index contributed by atoms with van der Waals surface area (Å²) in [7, 11) is 1.97. The van der Waals surface area contributed by atoms with E-state index in [9.17, 15) is 14.9 Å². The number of nitrogens with one attached hydrogen (secondary N) is 2. The van der Waals surface area contributed by atoms with Gasteiger partial charge in [-0.05, 0) is 42.5 Å². The number of quaternary nitrogens is 1. The second-order valence-electron chi connectivity index (χ2n) is 5.64. The summed E-state index contributed by atoms with van der Waals surface area (Å²) >= 11 is 1.70. The van der Waals surface area contributed by atoms with Crippen LogP contribution in [0.1, 0.15) is 16.0 Å². The first-order chi connectivity index (χ1) is 10.9. The molecule has 0 bridgehead atoms. The van der Waals surface area contributed by atoms with Gasteiger partial charge in [-0.3, -0.25) is 14.9 Å². The Morgan fingerprint density at radius 2 is 2.04 bits per heavy atom. The second kappa shape index (κ2) is 7.34. The number of rotatable bonds is 6. The molecule has 23 heavy (non-hydrogen) atoms. The zero-order valence-electron chi connectivity index (χ0n) is 13.4. The minimum Gasteiger partial charge on any atom is -0.325 e. The first-order valence-electron chi connectivity index (χ1n) is 7.26. The molecule has 6 nitrogen and oxygen atoms in total. The minimum atomic E-state index is -0.445. The number of anilines is 1. The predicted molar refractivity (Wildman–Crippen MR) is 91.0 cm³/mol. The van der Waals surface area contributed by atoms with E-state index < -0.39 is 4.92 Å². The summed E-state index contributed by atoms with van der Waals surface area (Å²) < 4.78 is 0. The lowest BCUT2D eigenvalue weighted by atomic mass is 10.2. The number of carbonyl (C=O) groups is 1. The molecule has 2 aromatic rings. The number of carbonyl (C=O) groups excluding carboxylic acids is 1. The Hall–Kier alpha value is -2.25. The van der Waals surface area contributed by atoms with Crippen molar-refractivity contribution >= 4 is 28.6 Å². The lowest BCUT2D eigenvalue weighted by molar-refractivity contribution is -0.884. The standard InChI is InChI=1S/C16H19N3O3S/c1-11-6-7-23-15(11)9-18(3)10-16(20)17-14-5-4-13(19(21)22)8-12(14)2/h4-8H,9-10H2,1-3H3,(H,17,20)/p+1. The van der Waals surface area contributed by atoms with Crippen LogP contribution in [0.5, 0.6) is 0 Å². The van der Waals surface area contributed by atoms with Crippen LogP contribution >= 0.6 is 11.3 Å². The van der Waals surface area contributed by atoms with Crippen molar-refractivity contribution in [3.8, 4) is 0 Å². The third-order valence-electron chi connectivity index (χ3n) is 3.59. The number of hydrogen-bond donors (Lipinski definition) is 2. The fourth-order valence-corrected chi connectivity index (χ4v) is 3.31. The number of nitro groups is 1. The van der Waals surface area contributed by atoms with E-state index in [1.54, 1.807) is 24.3 Å². The van der Waals surface area contributed by atoms with E-state index in [1.165, 1.54) is 22.6 Å². The van der Waals surface area contributed by atoms with Crippen molar-refractivity contribution in [2.24, 2.45) is 0 Å². The van der Waals surface area contributed by atoms with Crippen LogP contribution < -0.4 is 10.2 Å². The Balaban J connectivity index is 1.94. The van der Waals surface area contributed by atoms with Crippen LogP contribution in [-0.4, -0.2) is 24.4 Å². The second-order valence-corrected chi connectivity index (χ2v) is 6.64. The largest absolute Gasteiger partial charge is 0.325 e. The van der Waals surface area contributed by atoms with Crippen molar-refractivity contribution in [2.45, 2.75) is 20.4 Å². The molecule has 0 aliphatic rings. The van der Waals surface area contributed by atoms with Crippen LogP contribution in [0.4, 0.5) is 11.4 Å². The fraction of sp³-hybridized carbons (Fsp3) is 0.312. The zero-order valence-corrected chi connectivity index (χ0v) is 14.2. The van der Waals surface area contributed by atoms with Gasteiger partial charge in [-0.1, -0.05) is 0 Å². The van der Waals surface area contributed by atoms with Crippen LogP contribution in [0, 0.1) is 24.0 Å². The Morgan fingerprint density at radius 1 is 1.30 bits per heavy atom. The number of aryl methyl sites for hydroxylation is 2. The summed E-state index contributed by atoms with van der Waals surface area (Å²) in [4.78, 5) is 24.8. The molecule has 2 N–H and O–H groups in total. The highest BCUT2D eigenvalue weighted by Gasteiger charge is 2.15. The Kier molecular flexibility index (Phi) is 5.46. The van der Waals surface area contributed by atoms with Gasteiger partial charge in [-0.15, -0.1) is 11.3 Å². The van der Waals surface area contributed by atoms with Gasteiger partial charge in [-0.25, -0.2) is 0 Å². The van der Waals surface area contributed by atoms with E-state index in [1.807, 2.05) is 7.05 Å². The van der Waals surface area contributed by atoms with E-state index in [0.717, 1.165) is 11.4 Å². The van der Waals surface area contributed by atoms with E-state index >= 15 is 0 Å². The predicted octanol–water partition coefficient (Wildman–Crippen LogP) is 1.93. The summed E-state index contributed by atoms with van der Waals surface area (Å²) in [5, 5.41) is 15.6. The summed E-state index contributed by atoms with van der Waals surface area (Å²) in [5.74, 6) is -0.103. The molecule has 2 rings (SSSR count). The summed E-state index contributed by atoms with van der Waals surface area (Å²) in [6, 6.07) is 6.51. The van der Waals surface area contributed by atoms with Gasteiger partial charge in [0.1, 0.15) is 6.54 Å². The number of likely N-dealkylation sites (N-methyl/N-ethyl adjacent to an activating group) is 1. The number of benzene rings is 1. The molecule has 1 aromatic heterocycles. The molecule has 122 valence electrons. The number of hydrogen-bond acceptors (Lipinski definition) is 4. The molecule has 0 saturated heterocycles. The van der Waals surface area contributed by atoms with Gasteiger partial charge >= 0.3 is 0 Å². The van der Waals surface area contributed by atoms with Crippen molar-refractivity contribution in [3.63, 3.8) is 0 Å². The van der Waals surface area contributed by atoms with Crippen molar-refractivity contribution in [1.29, 1.82) is 0 Å². The first-order valence-corrected chi connectivity index (χ1v) is 8.14. The highest BCUT2D eigenvalue weighted by atomic mass is 32.1. The monoisotopic (exact) mass is 334 g/mol. The molecular formula is C16H20N3O3S+. The normalized spacial score (nSPS) is 12.0. The Bertz CT molecular complexity index is 727. The van der Waals surface area contributed by atoms with Crippen molar-refractivity contribution in [1.82, 2.24) is 0 Å². The zero-order chi connectivity index (χ0) is 17.0. The summed E-state index contributed by atoms with van der Waals surface area (Å²) in [6.45, 7) is 4.96. The molecule has 1 aromatic carbocycles. The fourth-order valence-electron chi connectivity index (χ4n) is 2.29. The topological polar surface area (TPSA) is 76.7 Å². The highest BCUT2D eigenvalue weighted by Crippen LogP contribution is 2.20. The average molecular weight is 334 g/mol. The maximum atomic E-state index is 12.1. The lowest BCUT2D eigenvalue weighted by Crippen LogP contribution is -3.08. The van der Waals surface area contributed by atoms with E-state index in [-0.39, 0.29) is 11.6 Å². The SMILES string of the molecule is Cc1cc([N+](=O)[O-])ccc1NC(=O)C[NH+](C)Cc1sccc1C. The Labute approximate surface area is 138 Å².